The van der Waals surface area contributed by atoms with Gasteiger partial charge >= 0.3 is 0 Å². The summed E-state index contributed by atoms with van der Waals surface area (Å²) in [5.41, 5.74) is 0. The summed E-state index contributed by atoms with van der Waals surface area (Å²) in [5, 5.41) is 3.05. The molecule has 1 rings (SSSR count). The lowest BCUT2D eigenvalue weighted by Crippen LogP contribution is -2.31. The number of rotatable bonds is 7. The Morgan fingerprint density at radius 1 is 1.33 bits per heavy atom. The van der Waals surface area contributed by atoms with Crippen molar-refractivity contribution in [3.05, 3.63) is 18.4 Å². The summed E-state index contributed by atoms with van der Waals surface area (Å²) in [4.78, 5) is 0. The summed E-state index contributed by atoms with van der Waals surface area (Å²) in [6.45, 7) is 3.93. The summed E-state index contributed by atoms with van der Waals surface area (Å²) in [6.07, 6.45) is 2.37. The third kappa shape index (κ3) is 4.03. The molecule has 0 fully saturated rings. The molecule has 0 bridgehead atoms. The Labute approximate surface area is 89.9 Å². The molecule has 1 aromatic rings. The quantitative estimate of drug-likeness (QED) is 0.674. The van der Waals surface area contributed by atoms with Crippen molar-refractivity contribution in [2.75, 3.05) is 19.6 Å². The van der Waals surface area contributed by atoms with Crippen LogP contribution in [0.2, 0.25) is 0 Å². The first-order chi connectivity index (χ1) is 7.17. The van der Waals surface area contributed by atoms with Crippen molar-refractivity contribution in [1.29, 1.82) is 0 Å². The van der Waals surface area contributed by atoms with Gasteiger partial charge in [0, 0.05) is 13.1 Å². The molecular weight excluding hydrogens is 216 g/mol. The Hall–Kier alpha value is -0.850. The smallest absolute Gasteiger partial charge is 0.273 e. The van der Waals surface area contributed by atoms with Crippen LogP contribution < -0.4 is 10.0 Å². The zero-order valence-electron chi connectivity index (χ0n) is 8.69. The minimum atomic E-state index is -3.46. The Kier molecular flexibility index (Phi) is 4.80. The first-order valence-corrected chi connectivity index (χ1v) is 6.39. The van der Waals surface area contributed by atoms with Gasteiger partial charge < -0.3 is 9.73 Å². The molecule has 0 saturated heterocycles. The molecule has 0 unspecified atom stereocenters. The Bertz CT molecular complexity index is 359. The molecule has 0 saturated carbocycles. The van der Waals surface area contributed by atoms with Crippen LogP contribution in [0.4, 0.5) is 0 Å². The molecule has 2 N–H and O–H groups in total. The van der Waals surface area contributed by atoms with Gasteiger partial charge in [0.05, 0.1) is 6.26 Å². The van der Waals surface area contributed by atoms with E-state index in [2.05, 4.69) is 17.0 Å². The Balaban J connectivity index is 2.32. The average molecular weight is 232 g/mol. The molecule has 0 amide bonds. The van der Waals surface area contributed by atoms with Crippen LogP contribution in [-0.4, -0.2) is 28.1 Å². The lowest BCUT2D eigenvalue weighted by atomic mass is 10.5. The standard InChI is InChI=1S/C9H16N2O3S/c1-2-5-10-6-7-11-15(12,13)9-4-3-8-14-9/h3-4,8,10-11H,2,5-7H2,1H3. The van der Waals surface area contributed by atoms with E-state index in [0.717, 1.165) is 13.0 Å². The summed E-state index contributed by atoms with van der Waals surface area (Å²) in [5.74, 6) is 0. The molecule has 0 aliphatic heterocycles. The van der Waals surface area contributed by atoms with Crippen LogP contribution in [-0.2, 0) is 10.0 Å². The predicted octanol–water partition coefficient (Wildman–Crippen LogP) is 0.557. The second kappa shape index (κ2) is 5.89. The Morgan fingerprint density at radius 2 is 2.13 bits per heavy atom. The van der Waals surface area contributed by atoms with Gasteiger partial charge in [0.2, 0.25) is 5.09 Å². The number of hydrogen-bond donors (Lipinski definition) is 2. The van der Waals surface area contributed by atoms with E-state index in [0.29, 0.717) is 13.1 Å². The molecular formula is C9H16N2O3S. The van der Waals surface area contributed by atoms with E-state index in [9.17, 15) is 8.42 Å². The summed E-state index contributed by atoms with van der Waals surface area (Å²) in [6, 6.07) is 2.96. The lowest BCUT2D eigenvalue weighted by molar-refractivity contribution is 0.445. The first kappa shape index (κ1) is 12.2. The van der Waals surface area contributed by atoms with E-state index < -0.39 is 10.0 Å². The van der Waals surface area contributed by atoms with Crippen LogP contribution in [0.3, 0.4) is 0 Å². The maximum Gasteiger partial charge on any atom is 0.273 e. The summed E-state index contributed by atoms with van der Waals surface area (Å²) in [7, 11) is -3.46. The molecule has 0 aromatic carbocycles. The molecule has 0 radical (unpaired) electrons. The van der Waals surface area contributed by atoms with E-state index >= 15 is 0 Å². The largest absolute Gasteiger partial charge is 0.452 e. The first-order valence-electron chi connectivity index (χ1n) is 4.90. The fraction of sp³-hybridized carbons (Fsp3) is 0.556. The number of sulfonamides is 1. The molecule has 1 heterocycles. The highest BCUT2D eigenvalue weighted by Gasteiger charge is 2.15. The third-order valence-corrected chi connectivity index (χ3v) is 3.13. The SMILES string of the molecule is CCCNCCNS(=O)(=O)c1ccco1. The molecule has 15 heavy (non-hydrogen) atoms. The van der Waals surface area contributed by atoms with Crippen molar-refractivity contribution in [1.82, 2.24) is 10.0 Å². The van der Waals surface area contributed by atoms with E-state index in [4.69, 9.17) is 4.42 Å². The minimum Gasteiger partial charge on any atom is -0.452 e. The molecule has 0 aliphatic carbocycles. The molecule has 1 aromatic heterocycles. The van der Waals surface area contributed by atoms with E-state index in [1.807, 2.05) is 0 Å². The van der Waals surface area contributed by atoms with Crippen LogP contribution in [0.1, 0.15) is 13.3 Å². The second-order valence-electron chi connectivity index (χ2n) is 3.08. The highest BCUT2D eigenvalue weighted by Crippen LogP contribution is 2.07. The van der Waals surface area contributed by atoms with Gasteiger partial charge in [-0.3, -0.25) is 0 Å². The zero-order chi connectivity index (χ0) is 11.1. The highest BCUT2D eigenvalue weighted by molar-refractivity contribution is 7.89. The normalized spacial score (nSPS) is 11.8. The fourth-order valence-corrected chi connectivity index (χ4v) is 2.02. The summed E-state index contributed by atoms with van der Waals surface area (Å²) >= 11 is 0. The van der Waals surface area contributed by atoms with Crippen LogP contribution >= 0.6 is 0 Å². The molecule has 0 atom stereocenters. The van der Waals surface area contributed by atoms with Gasteiger partial charge in [-0.15, -0.1) is 0 Å². The topological polar surface area (TPSA) is 71.3 Å². The molecule has 86 valence electrons. The zero-order valence-corrected chi connectivity index (χ0v) is 9.51. The Morgan fingerprint density at radius 3 is 2.73 bits per heavy atom. The van der Waals surface area contributed by atoms with E-state index in [1.165, 1.54) is 12.3 Å². The van der Waals surface area contributed by atoms with Crippen LogP contribution in [0.15, 0.2) is 27.9 Å². The maximum atomic E-state index is 11.5. The molecule has 5 nitrogen and oxygen atoms in total. The number of hydrogen-bond acceptors (Lipinski definition) is 4. The van der Waals surface area contributed by atoms with Crippen molar-refractivity contribution >= 4 is 10.0 Å². The number of furan rings is 1. The maximum absolute atomic E-state index is 11.5. The van der Waals surface area contributed by atoms with Gasteiger partial charge in [0.15, 0.2) is 0 Å². The van der Waals surface area contributed by atoms with Crippen molar-refractivity contribution in [2.45, 2.75) is 18.4 Å². The van der Waals surface area contributed by atoms with Gasteiger partial charge in [-0.25, -0.2) is 13.1 Å². The van der Waals surface area contributed by atoms with Crippen molar-refractivity contribution in [2.24, 2.45) is 0 Å². The van der Waals surface area contributed by atoms with E-state index in [-0.39, 0.29) is 5.09 Å². The van der Waals surface area contributed by atoms with Crippen LogP contribution in [0, 0.1) is 0 Å². The van der Waals surface area contributed by atoms with Gasteiger partial charge in [-0.2, -0.15) is 0 Å². The van der Waals surface area contributed by atoms with Crippen LogP contribution in [0.5, 0.6) is 0 Å². The van der Waals surface area contributed by atoms with Gasteiger partial charge in [0.25, 0.3) is 10.0 Å². The lowest BCUT2D eigenvalue weighted by Gasteiger charge is -2.04. The minimum absolute atomic E-state index is 0.0435. The van der Waals surface area contributed by atoms with E-state index in [1.54, 1.807) is 6.07 Å². The molecule has 6 heteroatoms. The second-order valence-corrected chi connectivity index (χ2v) is 4.78. The molecule has 0 aliphatic rings. The molecule has 0 spiro atoms. The third-order valence-electron chi connectivity index (χ3n) is 1.78. The predicted molar refractivity (Wildman–Crippen MR) is 57.1 cm³/mol. The fourth-order valence-electron chi connectivity index (χ4n) is 1.06. The van der Waals surface area contributed by atoms with Gasteiger partial charge in [0.1, 0.15) is 0 Å². The van der Waals surface area contributed by atoms with Gasteiger partial charge in [-0.1, -0.05) is 6.92 Å². The van der Waals surface area contributed by atoms with Gasteiger partial charge in [-0.05, 0) is 25.1 Å². The average Bonchev–Trinajstić information content (AvgIpc) is 2.70. The highest BCUT2D eigenvalue weighted by atomic mass is 32.2. The summed E-state index contributed by atoms with van der Waals surface area (Å²) < 4.78 is 30.2. The van der Waals surface area contributed by atoms with Crippen molar-refractivity contribution in [3.63, 3.8) is 0 Å². The van der Waals surface area contributed by atoms with Crippen molar-refractivity contribution < 1.29 is 12.8 Å². The van der Waals surface area contributed by atoms with Crippen molar-refractivity contribution in [3.8, 4) is 0 Å². The number of nitrogens with one attached hydrogen (secondary N) is 2. The van der Waals surface area contributed by atoms with Crippen LogP contribution in [0.25, 0.3) is 0 Å². The monoisotopic (exact) mass is 232 g/mol.